The van der Waals surface area contributed by atoms with Gasteiger partial charge in [-0.25, -0.2) is 0 Å². The molecule has 31 heavy (non-hydrogen) atoms. The van der Waals surface area contributed by atoms with E-state index in [-0.39, 0.29) is 21.6 Å². The number of hydrogen-bond acceptors (Lipinski definition) is 5. The Kier molecular flexibility index (Phi) is 12.5. The van der Waals surface area contributed by atoms with Crippen molar-refractivity contribution in [1.29, 1.82) is 0 Å². The van der Waals surface area contributed by atoms with E-state index < -0.39 is 5.97 Å². The third-order valence-corrected chi connectivity index (χ3v) is 5.88. The second-order valence-electron chi connectivity index (χ2n) is 8.24. The fourth-order valence-electron chi connectivity index (χ4n) is 3.78. The summed E-state index contributed by atoms with van der Waals surface area (Å²) in [7, 11) is 0. The first-order valence-electron chi connectivity index (χ1n) is 11.6. The summed E-state index contributed by atoms with van der Waals surface area (Å²) in [6, 6.07) is 2.54. The number of benzene rings is 1. The molecular weight excluding hydrogens is 416 g/mol. The first-order valence-corrected chi connectivity index (χ1v) is 12.0. The van der Waals surface area contributed by atoms with E-state index in [4.69, 9.17) is 16.8 Å². The first kappa shape index (κ1) is 27.2. The molecule has 1 aromatic heterocycles. The molecule has 0 amide bonds. The summed E-state index contributed by atoms with van der Waals surface area (Å²) in [5, 5.41) is 26.6. The minimum absolute atomic E-state index is 0.0388. The van der Waals surface area contributed by atoms with Crippen molar-refractivity contribution in [2.24, 2.45) is 0 Å². The van der Waals surface area contributed by atoms with Gasteiger partial charge in [0, 0.05) is 10.6 Å². The van der Waals surface area contributed by atoms with Gasteiger partial charge in [-0.3, -0.25) is 0 Å². The van der Waals surface area contributed by atoms with Crippen LogP contribution in [0.2, 0.25) is 5.02 Å². The van der Waals surface area contributed by atoms with E-state index in [9.17, 15) is 9.90 Å². The molecule has 0 spiro atoms. The number of nitrogens with zero attached hydrogens (tertiary/aromatic N) is 4. The van der Waals surface area contributed by atoms with E-state index in [1.165, 1.54) is 94.2 Å². The number of aromatic nitrogens is 3. The molecule has 2 aromatic rings. The van der Waals surface area contributed by atoms with Gasteiger partial charge in [0.15, 0.2) is 0 Å². The number of aromatic carboxylic acids is 1. The van der Waals surface area contributed by atoms with Gasteiger partial charge in [-0.05, 0) is 43.0 Å². The van der Waals surface area contributed by atoms with Crippen LogP contribution in [0.25, 0.3) is 11.0 Å². The molecule has 0 unspecified atom stereocenters. The van der Waals surface area contributed by atoms with Crippen LogP contribution in [0.5, 0.6) is 0 Å². The fourth-order valence-corrected chi connectivity index (χ4v) is 3.99. The summed E-state index contributed by atoms with van der Waals surface area (Å²) in [6.45, 7) is 15.0. The average molecular weight is 455 g/mol. The zero-order chi connectivity index (χ0) is 23.3. The molecule has 8 heteroatoms. The van der Waals surface area contributed by atoms with Crippen molar-refractivity contribution in [2.45, 2.75) is 79.1 Å². The highest BCUT2D eigenvalue weighted by Gasteiger charge is 2.24. The van der Waals surface area contributed by atoms with Crippen LogP contribution in [0.15, 0.2) is 12.1 Å². The number of unbranched alkanes of at least 4 members (excludes halogenated alkanes) is 4. The topological polar surface area (TPSA) is 91.1 Å². The van der Waals surface area contributed by atoms with Crippen LogP contribution < -0.4 is 5.11 Å². The van der Waals surface area contributed by atoms with Crippen molar-refractivity contribution in [2.75, 3.05) is 26.2 Å². The summed E-state index contributed by atoms with van der Waals surface area (Å²) in [5.74, 6) is -1.42. The Bertz CT molecular complexity index is 757. The maximum Gasteiger partial charge on any atom is 0.132 e. The van der Waals surface area contributed by atoms with Gasteiger partial charge in [-0.2, -0.15) is 0 Å². The Morgan fingerprint density at radius 1 is 0.968 bits per heavy atom. The quantitative estimate of drug-likeness (QED) is 0.350. The van der Waals surface area contributed by atoms with E-state index in [0.717, 1.165) is 0 Å². The SMILES string of the molecule is CCCC[N+](CCCC)(CCCC)CCCC.O=C([O-])c1cc(Cl)cc2c1nnn2O. The molecule has 0 fully saturated rings. The number of rotatable bonds is 13. The second-order valence-corrected chi connectivity index (χ2v) is 8.67. The molecule has 0 radical (unpaired) electrons. The molecule has 0 aliphatic carbocycles. The monoisotopic (exact) mass is 454 g/mol. The number of carbonyl (C=O) groups is 1. The van der Waals surface area contributed by atoms with Crippen LogP contribution >= 0.6 is 11.6 Å². The Morgan fingerprint density at radius 3 is 1.81 bits per heavy atom. The van der Waals surface area contributed by atoms with Crippen molar-refractivity contribution in [1.82, 2.24) is 15.2 Å². The number of hydrogen-bond donors (Lipinski definition) is 1. The fraction of sp³-hybridized carbons (Fsp3) is 0.696. The smallest absolute Gasteiger partial charge is 0.132 e. The van der Waals surface area contributed by atoms with E-state index in [0.29, 0.717) is 4.85 Å². The van der Waals surface area contributed by atoms with Crippen LogP contribution in [-0.4, -0.2) is 57.0 Å². The molecule has 0 atom stereocenters. The molecule has 7 nitrogen and oxygen atoms in total. The van der Waals surface area contributed by atoms with Crippen LogP contribution in [0, 0.1) is 0 Å². The minimum atomic E-state index is -1.42. The summed E-state index contributed by atoms with van der Waals surface area (Å²) >= 11 is 5.63. The largest absolute Gasteiger partial charge is 0.545 e. The minimum Gasteiger partial charge on any atom is -0.545 e. The Morgan fingerprint density at radius 2 is 1.42 bits per heavy atom. The Hall–Kier alpha value is -1.86. The van der Waals surface area contributed by atoms with E-state index in [1.54, 1.807) is 0 Å². The summed E-state index contributed by atoms with van der Waals surface area (Å²) in [5.41, 5.74) is -0.0404. The van der Waals surface area contributed by atoms with Gasteiger partial charge in [-0.1, -0.05) is 69.8 Å². The summed E-state index contributed by atoms with van der Waals surface area (Å²) in [4.78, 5) is 11.1. The molecule has 0 saturated heterocycles. The third-order valence-electron chi connectivity index (χ3n) is 5.66. The van der Waals surface area contributed by atoms with E-state index in [1.807, 2.05) is 0 Å². The van der Waals surface area contributed by atoms with Crippen molar-refractivity contribution in [3.63, 3.8) is 0 Å². The third kappa shape index (κ3) is 8.65. The van der Waals surface area contributed by atoms with E-state index in [2.05, 4.69) is 38.0 Å². The van der Waals surface area contributed by atoms with Crippen LogP contribution in [0.4, 0.5) is 0 Å². The van der Waals surface area contributed by atoms with Gasteiger partial charge in [0.05, 0.1) is 32.1 Å². The van der Waals surface area contributed by atoms with E-state index >= 15 is 0 Å². The molecule has 0 saturated carbocycles. The normalized spacial score (nSPS) is 11.4. The molecule has 176 valence electrons. The van der Waals surface area contributed by atoms with Gasteiger partial charge >= 0.3 is 0 Å². The standard InChI is InChI=1S/C16H36N.C7H4ClN3O3/c1-5-9-13-17(14-10-6-2,15-11-7-3)16-12-8-4;8-3-1-4(7(12)13)6-5(2-3)11(14)10-9-6/h5-16H2,1-4H3;1-2,14H,(H,12,13)/q+1;/p-1. The van der Waals surface area contributed by atoms with Gasteiger partial charge in [0.1, 0.15) is 11.0 Å². The van der Waals surface area contributed by atoms with Crippen molar-refractivity contribution >= 4 is 28.6 Å². The number of fused-ring (bicyclic) bond motifs is 1. The molecule has 0 aliphatic rings. The van der Waals surface area contributed by atoms with Gasteiger partial charge in [0.2, 0.25) is 0 Å². The number of halogens is 1. The molecule has 0 aliphatic heterocycles. The van der Waals surface area contributed by atoms with Crippen molar-refractivity contribution in [3.05, 3.63) is 22.7 Å². The number of carbonyl (C=O) groups excluding carboxylic acids is 1. The lowest BCUT2D eigenvalue weighted by atomic mass is 10.1. The van der Waals surface area contributed by atoms with Crippen LogP contribution in [-0.2, 0) is 0 Å². The molecule has 1 heterocycles. The second kappa shape index (κ2) is 14.2. The zero-order valence-electron chi connectivity index (χ0n) is 19.6. The van der Waals surface area contributed by atoms with Gasteiger partial charge in [-0.15, -0.1) is 5.10 Å². The maximum absolute atomic E-state index is 10.6. The molecule has 0 bridgehead atoms. The number of carboxylic acids is 1. The first-order chi connectivity index (χ1) is 14.8. The highest BCUT2D eigenvalue weighted by atomic mass is 35.5. The zero-order valence-corrected chi connectivity index (χ0v) is 20.3. The van der Waals surface area contributed by atoms with Gasteiger partial charge in [0.25, 0.3) is 0 Å². The van der Waals surface area contributed by atoms with Crippen molar-refractivity contribution in [3.8, 4) is 0 Å². The lowest BCUT2D eigenvalue weighted by molar-refractivity contribution is -0.929. The summed E-state index contributed by atoms with van der Waals surface area (Å²) in [6.07, 6.45) is 11.1. The Labute approximate surface area is 191 Å². The molecule has 1 N–H and O–H groups in total. The van der Waals surface area contributed by atoms with Crippen LogP contribution in [0.1, 0.15) is 89.4 Å². The molecule has 2 rings (SSSR count). The number of carboxylic acid groups (broad SMARTS) is 1. The van der Waals surface area contributed by atoms with Crippen molar-refractivity contribution < 1.29 is 19.6 Å². The Balaban J connectivity index is 0.000000314. The highest BCUT2D eigenvalue weighted by Crippen LogP contribution is 2.21. The predicted molar refractivity (Wildman–Crippen MR) is 123 cm³/mol. The molecule has 1 aromatic carbocycles. The maximum atomic E-state index is 10.6. The number of quaternary nitrogens is 1. The lowest BCUT2D eigenvalue weighted by Crippen LogP contribution is -2.50. The highest BCUT2D eigenvalue weighted by molar-refractivity contribution is 6.31. The molecular formula is C23H39ClN4O3. The summed E-state index contributed by atoms with van der Waals surface area (Å²) < 4.78 is 1.42. The van der Waals surface area contributed by atoms with Gasteiger partial charge < -0.3 is 19.6 Å². The lowest BCUT2D eigenvalue weighted by Gasteiger charge is -2.39. The van der Waals surface area contributed by atoms with Crippen LogP contribution in [0.3, 0.4) is 0 Å². The average Bonchev–Trinajstić information content (AvgIpc) is 3.13. The predicted octanol–water partition coefficient (Wildman–Crippen LogP) is 4.69.